The molecule has 3 N–H and O–H groups in total. The Morgan fingerprint density at radius 2 is 2.00 bits per heavy atom. The Bertz CT molecular complexity index is 616. The lowest BCUT2D eigenvalue weighted by Crippen LogP contribution is -2.31. The Balaban J connectivity index is 2.14. The zero-order chi connectivity index (χ0) is 13.8. The van der Waals surface area contributed by atoms with Crippen LogP contribution in [0.5, 0.6) is 0 Å². The highest BCUT2D eigenvalue weighted by Gasteiger charge is 2.34. The Morgan fingerprint density at radius 1 is 1.26 bits per heavy atom. The summed E-state index contributed by atoms with van der Waals surface area (Å²) in [7, 11) is 0. The van der Waals surface area contributed by atoms with Crippen molar-refractivity contribution in [1.29, 1.82) is 0 Å². The first-order valence-corrected chi connectivity index (χ1v) is 7.23. The van der Waals surface area contributed by atoms with Crippen molar-refractivity contribution in [2.45, 2.75) is 46.6 Å². The number of hydrogen-bond acceptors (Lipinski definition) is 1. The summed E-state index contributed by atoms with van der Waals surface area (Å²) in [5.74, 6) is 0.662. The second kappa shape index (κ2) is 4.11. The summed E-state index contributed by atoms with van der Waals surface area (Å²) in [5.41, 5.74) is 12.0. The minimum Gasteiger partial charge on any atom is -0.357 e. The molecule has 3 rings (SSSR count). The third-order valence-electron chi connectivity index (χ3n) is 4.68. The lowest BCUT2D eigenvalue weighted by molar-refractivity contribution is 0.201. The van der Waals surface area contributed by atoms with E-state index in [1.165, 1.54) is 27.7 Å². The second-order valence-corrected chi connectivity index (χ2v) is 7.18. The van der Waals surface area contributed by atoms with Crippen molar-refractivity contribution in [3.63, 3.8) is 0 Å². The molecule has 0 bridgehead atoms. The predicted octanol–water partition coefficient (Wildman–Crippen LogP) is 4.08. The highest BCUT2D eigenvalue weighted by atomic mass is 14.8. The molecule has 1 aliphatic carbocycles. The molecule has 0 radical (unpaired) electrons. The van der Waals surface area contributed by atoms with Crippen molar-refractivity contribution in [3.05, 3.63) is 35.0 Å². The van der Waals surface area contributed by atoms with Crippen molar-refractivity contribution in [1.82, 2.24) is 4.98 Å². The van der Waals surface area contributed by atoms with Gasteiger partial charge in [0, 0.05) is 22.6 Å². The van der Waals surface area contributed by atoms with Gasteiger partial charge in [-0.15, -0.1) is 0 Å². The van der Waals surface area contributed by atoms with Crippen LogP contribution >= 0.6 is 0 Å². The van der Waals surface area contributed by atoms with Crippen molar-refractivity contribution >= 4 is 10.9 Å². The molecule has 2 aromatic rings. The van der Waals surface area contributed by atoms with Gasteiger partial charge < -0.3 is 10.7 Å². The third kappa shape index (κ3) is 2.08. The largest absolute Gasteiger partial charge is 0.357 e. The standard InChI is InChI=1S/C17H24N2/c1-10-5-6-15-12(7-10)13-8-11(17(2,3)4)9-14(18)16(13)19-15/h5-7,11,14,19H,8-9,18H2,1-4H3. The van der Waals surface area contributed by atoms with Crippen LogP contribution in [0.2, 0.25) is 0 Å². The van der Waals surface area contributed by atoms with E-state index in [2.05, 4.69) is 50.9 Å². The maximum Gasteiger partial charge on any atom is 0.0459 e. The summed E-state index contributed by atoms with van der Waals surface area (Å²) in [5, 5.41) is 1.37. The van der Waals surface area contributed by atoms with Crippen LogP contribution in [0.15, 0.2) is 18.2 Å². The molecule has 1 aromatic carbocycles. The number of aryl methyl sites for hydroxylation is 1. The van der Waals surface area contributed by atoms with Gasteiger partial charge in [-0.3, -0.25) is 0 Å². The number of hydrogen-bond donors (Lipinski definition) is 2. The molecule has 0 saturated heterocycles. The van der Waals surface area contributed by atoms with Crippen molar-refractivity contribution in [2.24, 2.45) is 17.1 Å². The maximum absolute atomic E-state index is 6.40. The van der Waals surface area contributed by atoms with Crippen LogP contribution in [-0.2, 0) is 6.42 Å². The van der Waals surface area contributed by atoms with Crippen LogP contribution in [0, 0.1) is 18.3 Å². The molecule has 102 valence electrons. The molecular weight excluding hydrogens is 232 g/mol. The average molecular weight is 256 g/mol. The summed E-state index contributed by atoms with van der Waals surface area (Å²) >= 11 is 0. The normalized spacial score (nSPS) is 23.6. The Hall–Kier alpha value is -1.28. The first-order chi connectivity index (χ1) is 8.86. The molecule has 2 atom stereocenters. The molecule has 0 amide bonds. The molecule has 0 spiro atoms. The minimum atomic E-state index is 0.153. The third-order valence-corrected chi connectivity index (χ3v) is 4.68. The van der Waals surface area contributed by atoms with Gasteiger partial charge in [0.25, 0.3) is 0 Å². The predicted molar refractivity (Wildman–Crippen MR) is 81.2 cm³/mol. The summed E-state index contributed by atoms with van der Waals surface area (Å²) in [6.45, 7) is 9.14. The van der Waals surface area contributed by atoms with E-state index in [-0.39, 0.29) is 6.04 Å². The monoisotopic (exact) mass is 256 g/mol. The van der Waals surface area contributed by atoms with E-state index >= 15 is 0 Å². The molecule has 0 fully saturated rings. The molecule has 19 heavy (non-hydrogen) atoms. The average Bonchev–Trinajstić information content (AvgIpc) is 2.67. The van der Waals surface area contributed by atoms with Gasteiger partial charge in [0.15, 0.2) is 0 Å². The van der Waals surface area contributed by atoms with E-state index in [1.54, 1.807) is 0 Å². The van der Waals surface area contributed by atoms with Crippen molar-refractivity contribution in [2.75, 3.05) is 0 Å². The van der Waals surface area contributed by atoms with Gasteiger partial charge in [0.1, 0.15) is 0 Å². The number of fused-ring (bicyclic) bond motifs is 3. The lowest BCUT2D eigenvalue weighted by atomic mass is 9.70. The SMILES string of the molecule is Cc1ccc2[nH]c3c(c2c1)CC(C(C)(C)C)CC3N. The maximum atomic E-state index is 6.40. The summed E-state index contributed by atoms with van der Waals surface area (Å²) in [4.78, 5) is 3.54. The lowest BCUT2D eigenvalue weighted by Gasteiger charge is -2.36. The van der Waals surface area contributed by atoms with Crippen molar-refractivity contribution in [3.8, 4) is 0 Å². The van der Waals surface area contributed by atoms with Gasteiger partial charge in [-0.1, -0.05) is 32.4 Å². The van der Waals surface area contributed by atoms with E-state index in [9.17, 15) is 0 Å². The second-order valence-electron chi connectivity index (χ2n) is 7.18. The van der Waals surface area contributed by atoms with E-state index < -0.39 is 0 Å². The molecule has 1 heterocycles. The smallest absolute Gasteiger partial charge is 0.0459 e. The highest BCUT2D eigenvalue weighted by molar-refractivity contribution is 5.85. The first-order valence-electron chi connectivity index (χ1n) is 7.23. The molecule has 0 saturated carbocycles. The minimum absolute atomic E-state index is 0.153. The van der Waals surface area contributed by atoms with Crippen LogP contribution in [0.1, 0.15) is 50.1 Å². The zero-order valence-corrected chi connectivity index (χ0v) is 12.4. The van der Waals surface area contributed by atoms with Gasteiger partial charge in [0.2, 0.25) is 0 Å². The Morgan fingerprint density at radius 3 is 2.68 bits per heavy atom. The van der Waals surface area contributed by atoms with Gasteiger partial charge in [-0.2, -0.15) is 0 Å². The van der Waals surface area contributed by atoms with E-state index in [1.807, 2.05) is 0 Å². The van der Waals surface area contributed by atoms with Crippen LogP contribution in [0.4, 0.5) is 0 Å². The topological polar surface area (TPSA) is 41.8 Å². The molecule has 1 aliphatic rings. The van der Waals surface area contributed by atoms with Crippen LogP contribution in [-0.4, -0.2) is 4.98 Å². The van der Waals surface area contributed by atoms with E-state index in [0.717, 1.165) is 12.8 Å². The number of H-pyrrole nitrogens is 1. The van der Waals surface area contributed by atoms with Crippen molar-refractivity contribution < 1.29 is 0 Å². The van der Waals surface area contributed by atoms with Crippen LogP contribution in [0.3, 0.4) is 0 Å². The fourth-order valence-corrected chi connectivity index (χ4v) is 3.33. The number of rotatable bonds is 0. The number of nitrogens with two attached hydrogens (primary N) is 1. The van der Waals surface area contributed by atoms with Gasteiger partial charge >= 0.3 is 0 Å². The number of aromatic amines is 1. The fraction of sp³-hybridized carbons (Fsp3) is 0.529. The number of nitrogens with one attached hydrogen (secondary N) is 1. The highest BCUT2D eigenvalue weighted by Crippen LogP contribution is 2.43. The Labute approximate surface area is 115 Å². The summed E-state index contributed by atoms with van der Waals surface area (Å²) in [6.07, 6.45) is 2.23. The van der Waals surface area contributed by atoms with Gasteiger partial charge in [-0.25, -0.2) is 0 Å². The molecule has 2 nitrogen and oxygen atoms in total. The van der Waals surface area contributed by atoms with Gasteiger partial charge in [-0.05, 0) is 48.8 Å². The van der Waals surface area contributed by atoms with E-state index in [0.29, 0.717) is 11.3 Å². The van der Waals surface area contributed by atoms with Gasteiger partial charge in [0.05, 0.1) is 0 Å². The molecule has 0 aliphatic heterocycles. The van der Waals surface area contributed by atoms with Crippen LogP contribution in [0.25, 0.3) is 10.9 Å². The first kappa shape index (κ1) is 12.7. The Kier molecular flexibility index (Phi) is 2.75. The van der Waals surface area contributed by atoms with Crippen LogP contribution < -0.4 is 5.73 Å². The summed E-state index contributed by atoms with van der Waals surface area (Å²) in [6, 6.07) is 6.79. The molecular formula is C17H24N2. The number of aromatic nitrogens is 1. The fourth-order valence-electron chi connectivity index (χ4n) is 3.33. The zero-order valence-electron chi connectivity index (χ0n) is 12.4. The quantitative estimate of drug-likeness (QED) is 0.732. The molecule has 2 unspecified atom stereocenters. The van der Waals surface area contributed by atoms with E-state index in [4.69, 9.17) is 5.73 Å². The molecule has 1 aromatic heterocycles. The number of benzene rings is 1. The molecule has 2 heteroatoms. The summed E-state index contributed by atoms with van der Waals surface area (Å²) < 4.78 is 0.